The number of hydrogen-bond acceptors (Lipinski definition) is 4. The number of halogens is 1. The highest BCUT2D eigenvalue weighted by Crippen LogP contribution is 2.24. The van der Waals surface area contributed by atoms with Gasteiger partial charge in [0.1, 0.15) is 5.01 Å². The van der Waals surface area contributed by atoms with Gasteiger partial charge in [-0.25, -0.2) is 4.98 Å². The van der Waals surface area contributed by atoms with Crippen molar-refractivity contribution in [2.45, 2.75) is 32.4 Å². The maximum Gasteiger partial charge on any atom is 0.110 e. The zero-order valence-electron chi connectivity index (χ0n) is 8.33. The van der Waals surface area contributed by atoms with Crippen LogP contribution in [0.25, 0.3) is 0 Å². The smallest absolute Gasteiger partial charge is 0.110 e. The second-order valence-corrected chi connectivity index (χ2v) is 5.75. The molecule has 1 heterocycles. The first-order valence-corrected chi connectivity index (χ1v) is 6.22. The Bertz CT molecular complexity index is 280. The number of aromatic nitrogens is 1. The van der Waals surface area contributed by atoms with Gasteiger partial charge in [-0.2, -0.15) is 0 Å². The summed E-state index contributed by atoms with van der Waals surface area (Å²) < 4.78 is 1.05. The molecule has 0 aliphatic rings. The SMILES string of the molecule is CC(CCO)NC(C)c1ncc(Br)s1. The molecule has 1 aromatic heterocycles. The summed E-state index contributed by atoms with van der Waals surface area (Å²) >= 11 is 5.02. The number of thiazole rings is 1. The van der Waals surface area contributed by atoms with E-state index in [1.165, 1.54) is 0 Å². The second-order valence-electron chi connectivity index (χ2n) is 3.30. The van der Waals surface area contributed by atoms with Crippen LogP contribution in [0.3, 0.4) is 0 Å². The molecule has 1 rings (SSSR count). The quantitative estimate of drug-likeness (QED) is 0.869. The summed E-state index contributed by atoms with van der Waals surface area (Å²) in [5, 5.41) is 13.2. The fourth-order valence-corrected chi connectivity index (χ4v) is 2.50. The van der Waals surface area contributed by atoms with Crippen molar-refractivity contribution in [2.24, 2.45) is 0 Å². The fourth-order valence-electron chi connectivity index (χ4n) is 1.24. The molecule has 2 atom stereocenters. The molecule has 1 aromatic rings. The molecule has 2 N–H and O–H groups in total. The predicted molar refractivity (Wildman–Crippen MR) is 62.5 cm³/mol. The number of hydrogen-bond donors (Lipinski definition) is 2. The number of rotatable bonds is 5. The Labute approximate surface area is 96.7 Å². The predicted octanol–water partition coefficient (Wildman–Crippen LogP) is 2.33. The molecule has 0 radical (unpaired) electrons. The Morgan fingerprint density at radius 3 is 2.86 bits per heavy atom. The maximum atomic E-state index is 8.76. The molecule has 0 amide bonds. The Morgan fingerprint density at radius 2 is 2.36 bits per heavy atom. The van der Waals surface area contributed by atoms with Crippen molar-refractivity contribution in [1.82, 2.24) is 10.3 Å². The van der Waals surface area contributed by atoms with E-state index in [0.717, 1.165) is 15.2 Å². The molecule has 0 bridgehead atoms. The molecule has 14 heavy (non-hydrogen) atoms. The fraction of sp³-hybridized carbons (Fsp3) is 0.667. The van der Waals surface area contributed by atoms with E-state index in [-0.39, 0.29) is 12.6 Å². The molecular formula is C9H15BrN2OS. The van der Waals surface area contributed by atoms with E-state index in [0.29, 0.717) is 6.04 Å². The first-order valence-electron chi connectivity index (χ1n) is 4.61. The molecule has 2 unspecified atom stereocenters. The normalized spacial score (nSPS) is 15.4. The summed E-state index contributed by atoms with van der Waals surface area (Å²) in [6.45, 7) is 4.37. The summed E-state index contributed by atoms with van der Waals surface area (Å²) in [6.07, 6.45) is 2.59. The van der Waals surface area contributed by atoms with Crippen molar-refractivity contribution in [1.29, 1.82) is 0 Å². The van der Waals surface area contributed by atoms with Crippen molar-refractivity contribution in [3.63, 3.8) is 0 Å². The molecular weight excluding hydrogens is 264 g/mol. The van der Waals surface area contributed by atoms with Gasteiger partial charge >= 0.3 is 0 Å². The molecule has 3 nitrogen and oxygen atoms in total. The third-order valence-electron chi connectivity index (χ3n) is 1.96. The number of nitrogens with one attached hydrogen (secondary N) is 1. The molecule has 0 spiro atoms. The minimum Gasteiger partial charge on any atom is -0.396 e. The van der Waals surface area contributed by atoms with Crippen LogP contribution in [0, 0.1) is 0 Å². The third-order valence-corrected chi connectivity index (χ3v) is 3.62. The van der Waals surface area contributed by atoms with E-state index in [1.54, 1.807) is 11.3 Å². The van der Waals surface area contributed by atoms with Crippen molar-refractivity contribution in [3.8, 4) is 0 Å². The average Bonchev–Trinajstić information content (AvgIpc) is 2.52. The van der Waals surface area contributed by atoms with Crippen molar-refractivity contribution in [2.75, 3.05) is 6.61 Å². The van der Waals surface area contributed by atoms with Crippen molar-refractivity contribution in [3.05, 3.63) is 15.0 Å². The van der Waals surface area contributed by atoms with E-state index in [1.807, 2.05) is 6.20 Å². The Hall–Kier alpha value is 0.0300. The van der Waals surface area contributed by atoms with Gasteiger partial charge in [0.2, 0.25) is 0 Å². The van der Waals surface area contributed by atoms with Crippen LogP contribution in [0.1, 0.15) is 31.3 Å². The van der Waals surface area contributed by atoms with Crippen LogP contribution in [0.4, 0.5) is 0 Å². The third kappa shape index (κ3) is 3.65. The van der Waals surface area contributed by atoms with Crippen LogP contribution >= 0.6 is 27.3 Å². The summed E-state index contributed by atoms with van der Waals surface area (Å²) in [7, 11) is 0. The Kier molecular flexibility index (Phi) is 5.01. The molecule has 0 aliphatic carbocycles. The van der Waals surface area contributed by atoms with E-state index in [4.69, 9.17) is 5.11 Å². The van der Waals surface area contributed by atoms with Gasteiger partial charge in [0.15, 0.2) is 0 Å². The van der Waals surface area contributed by atoms with Crippen molar-refractivity contribution < 1.29 is 5.11 Å². The molecule has 0 aliphatic heterocycles. The van der Waals surface area contributed by atoms with Crippen LogP contribution in [-0.4, -0.2) is 22.7 Å². The van der Waals surface area contributed by atoms with Crippen LogP contribution in [0.15, 0.2) is 9.98 Å². The van der Waals surface area contributed by atoms with E-state index >= 15 is 0 Å². The van der Waals surface area contributed by atoms with Gasteiger partial charge in [0, 0.05) is 12.6 Å². The molecule has 80 valence electrons. The van der Waals surface area contributed by atoms with E-state index in [9.17, 15) is 0 Å². The van der Waals surface area contributed by atoms with Gasteiger partial charge in [-0.05, 0) is 36.2 Å². The Balaban J connectivity index is 2.45. The lowest BCUT2D eigenvalue weighted by molar-refractivity contribution is 0.264. The second kappa shape index (κ2) is 5.80. The van der Waals surface area contributed by atoms with Gasteiger partial charge < -0.3 is 10.4 Å². The first kappa shape index (κ1) is 12.1. The molecule has 0 fully saturated rings. The zero-order chi connectivity index (χ0) is 10.6. The molecule has 0 saturated carbocycles. The average molecular weight is 279 g/mol. The molecule has 0 saturated heterocycles. The minimum atomic E-state index is 0.225. The monoisotopic (exact) mass is 278 g/mol. The summed E-state index contributed by atoms with van der Waals surface area (Å²) in [4.78, 5) is 4.28. The van der Waals surface area contributed by atoms with Crippen LogP contribution < -0.4 is 5.32 Å². The minimum absolute atomic E-state index is 0.225. The number of aliphatic hydroxyl groups is 1. The van der Waals surface area contributed by atoms with Gasteiger partial charge in [0.05, 0.1) is 16.0 Å². The standard InChI is InChI=1S/C9H15BrN2OS/c1-6(3-4-13)12-7(2)9-11-5-8(10)14-9/h5-7,12-13H,3-4H2,1-2H3. The number of nitrogens with zero attached hydrogens (tertiary/aromatic N) is 1. The lowest BCUT2D eigenvalue weighted by Gasteiger charge is -2.17. The summed E-state index contributed by atoms with van der Waals surface area (Å²) in [6, 6.07) is 0.561. The van der Waals surface area contributed by atoms with Gasteiger partial charge in [-0.3, -0.25) is 0 Å². The topological polar surface area (TPSA) is 45.1 Å². The van der Waals surface area contributed by atoms with Crippen LogP contribution in [-0.2, 0) is 0 Å². The lowest BCUT2D eigenvalue weighted by Crippen LogP contribution is -2.29. The highest BCUT2D eigenvalue weighted by atomic mass is 79.9. The Morgan fingerprint density at radius 1 is 1.64 bits per heavy atom. The summed E-state index contributed by atoms with van der Waals surface area (Å²) in [5.74, 6) is 0. The van der Waals surface area contributed by atoms with E-state index in [2.05, 4.69) is 40.1 Å². The largest absolute Gasteiger partial charge is 0.396 e. The molecule has 0 aromatic carbocycles. The van der Waals surface area contributed by atoms with E-state index < -0.39 is 0 Å². The van der Waals surface area contributed by atoms with Crippen LogP contribution in [0.2, 0.25) is 0 Å². The highest BCUT2D eigenvalue weighted by Gasteiger charge is 2.11. The number of aliphatic hydroxyl groups excluding tert-OH is 1. The summed E-state index contributed by atoms with van der Waals surface area (Å²) in [5.41, 5.74) is 0. The van der Waals surface area contributed by atoms with Gasteiger partial charge in [-0.15, -0.1) is 11.3 Å². The first-order chi connectivity index (χ1) is 6.63. The van der Waals surface area contributed by atoms with Crippen LogP contribution in [0.5, 0.6) is 0 Å². The molecule has 5 heteroatoms. The van der Waals surface area contributed by atoms with Gasteiger partial charge in [-0.1, -0.05) is 0 Å². The lowest BCUT2D eigenvalue weighted by atomic mass is 10.2. The highest BCUT2D eigenvalue weighted by molar-refractivity contribution is 9.11. The van der Waals surface area contributed by atoms with Crippen molar-refractivity contribution >= 4 is 27.3 Å². The maximum absolute atomic E-state index is 8.76. The van der Waals surface area contributed by atoms with Gasteiger partial charge in [0.25, 0.3) is 0 Å². The zero-order valence-corrected chi connectivity index (χ0v) is 10.7.